The minimum absolute atomic E-state index is 0.0978. The summed E-state index contributed by atoms with van der Waals surface area (Å²) in [6.45, 7) is -0.0169. The summed E-state index contributed by atoms with van der Waals surface area (Å²) in [7, 11) is 0. The van der Waals surface area contributed by atoms with Crippen molar-refractivity contribution in [1.82, 2.24) is 0 Å². The van der Waals surface area contributed by atoms with Crippen LogP contribution in [0.3, 0.4) is 0 Å². The fourth-order valence-corrected chi connectivity index (χ4v) is 0.161. The monoisotopic (exact) mass is 108 g/mol. The van der Waals surface area contributed by atoms with Gasteiger partial charge in [-0.05, 0) is 0 Å². The maximum Gasteiger partial charge on any atom is 0.143 e. The second kappa shape index (κ2) is 5.84. The van der Waals surface area contributed by atoms with Gasteiger partial charge >= 0.3 is 0 Å². The van der Waals surface area contributed by atoms with Crippen molar-refractivity contribution in [3.63, 3.8) is 0 Å². The lowest BCUT2D eigenvalue weighted by Gasteiger charge is -1.93. The Morgan fingerprint density at radius 3 is 2.43 bits per heavy atom. The summed E-state index contributed by atoms with van der Waals surface area (Å²) >= 11 is 0. The molecule has 0 saturated heterocycles. The van der Waals surface area contributed by atoms with Crippen LogP contribution >= 0.6 is 0 Å². The van der Waals surface area contributed by atoms with E-state index >= 15 is 0 Å². The molecule has 0 unspecified atom stereocenters. The minimum atomic E-state index is -0.330. The third kappa shape index (κ3) is 5.84. The maximum atomic E-state index is 7.93. The van der Waals surface area contributed by atoms with Gasteiger partial charge in [-0.15, -0.1) is 0 Å². The summed E-state index contributed by atoms with van der Waals surface area (Å²) in [5.41, 5.74) is 0. The van der Waals surface area contributed by atoms with E-state index in [9.17, 15) is 0 Å². The van der Waals surface area contributed by atoms with Crippen molar-refractivity contribution in [2.45, 2.75) is 0 Å². The van der Waals surface area contributed by atoms with E-state index in [2.05, 4.69) is 9.62 Å². The SMILES string of the molecule is OCOCCOO. The first-order valence-corrected chi connectivity index (χ1v) is 1.86. The Kier molecular flexibility index (Phi) is 5.71. The van der Waals surface area contributed by atoms with Gasteiger partial charge in [0.05, 0.1) is 6.61 Å². The van der Waals surface area contributed by atoms with Crippen LogP contribution in [0.2, 0.25) is 0 Å². The van der Waals surface area contributed by atoms with E-state index in [1.165, 1.54) is 0 Å². The molecule has 2 N–H and O–H groups in total. The molecule has 0 bridgehead atoms. The summed E-state index contributed by atoms with van der Waals surface area (Å²) in [6.07, 6.45) is 0. The predicted octanol–water partition coefficient (Wildman–Crippen LogP) is -0.558. The molecule has 4 nitrogen and oxygen atoms in total. The number of hydrogen-bond donors (Lipinski definition) is 2. The number of aliphatic hydroxyl groups is 1. The molecule has 0 aromatic carbocycles. The van der Waals surface area contributed by atoms with E-state index in [-0.39, 0.29) is 20.0 Å². The van der Waals surface area contributed by atoms with E-state index in [0.29, 0.717) is 0 Å². The van der Waals surface area contributed by atoms with Gasteiger partial charge in [0.25, 0.3) is 0 Å². The maximum absolute atomic E-state index is 7.93. The van der Waals surface area contributed by atoms with Gasteiger partial charge in [-0.2, -0.15) is 0 Å². The van der Waals surface area contributed by atoms with Crippen molar-refractivity contribution in [3.8, 4) is 0 Å². The number of hydrogen-bond acceptors (Lipinski definition) is 4. The molecule has 0 aliphatic heterocycles. The normalized spacial score (nSPS) is 9.43. The highest BCUT2D eigenvalue weighted by atomic mass is 17.1. The summed E-state index contributed by atoms with van der Waals surface area (Å²) in [4.78, 5) is 3.61. The van der Waals surface area contributed by atoms with Crippen molar-refractivity contribution >= 4 is 0 Å². The lowest BCUT2D eigenvalue weighted by atomic mass is 10.8. The van der Waals surface area contributed by atoms with Crippen LogP contribution in [-0.4, -0.2) is 30.4 Å². The van der Waals surface area contributed by atoms with Crippen LogP contribution < -0.4 is 0 Å². The zero-order valence-corrected chi connectivity index (χ0v) is 3.83. The van der Waals surface area contributed by atoms with Gasteiger partial charge in [0.2, 0.25) is 0 Å². The van der Waals surface area contributed by atoms with Gasteiger partial charge in [0, 0.05) is 0 Å². The molecule has 0 atom stereocenters. The Hall–Kier alpha value is -0.160. The first kappa shape index (κ1) is 6.84. The fraction of sp³-hybridized carbons (Fsp3) is 1.00. The van der Waals surface area contributed by atoms with Crippen LogP contribution in [0.4, 0.5) is 0 Å². The number of ether oxygens (including phenoxy) is 1. The van der Waals surface area contributed by atoms with Crippen LogP contribution in [0.25, 0.3) is 0 Å². The number of aliphatic hydroxyl groups excluding tert-OH is 1. The molecule has 0 heterocycles. The second-order valence-corrected chi connectivity index (χ2v) is 0.871. The molecule has 0 aromatic rings. The van der Waals surface area contributed by atoms with Crippen molar-refractivity contribution in [2.24, 2.45) is 0 Å². The summed E-state index contributed by atoms with van der Waals surface area (Å²) < 4.78 is 4.34. The molecule has 0 fully saturated rings. The molecule has 0 rings (SSSR count). The molecular weight excluding hydrogens is 100 g/mol. The third-order valence-corrected chi connectivity index (χ3v) is 0.410. The molecule has 4 heteroatoms. The van der Waals surface area contributed by atoms with Crippen LogP contribution in [-0.2, 0) is 9.62 Å². The summed E-state index contributed by atoms with van der Waals surface area (Å²) in [5.74, 6) is 0. The molecule has 0 spiro atoms. The largest absolute Gasteiger partial charge is 0.371 e. The summed E-state index contributed by atoms with van der Waals surface area (Å²) in [5, 5.41) is 15.6. The van der Waals surface area contributed by atoms with E-state index < -0.39 is 0 Å². The Bertz CT molecular complexity index is 26.1. The highest BCUT2D eigenvalue weighted by Crippen LogP contribution is 1.69. The molecule has 0 aliphatic carbocycles. The lowest BCUT2D eigenvalue weighted by molar-refractivity contribution is -0.251. The topological polar surface area (TPSA) is 58.9 Å². The van der Waals surface area contributed by atoms with Crippen LogP contribution in [0.5, 0.6) is 0 Å². The zero-order chi connectivity index (χ0) is 5.54. The van der Waals surface area contributed by atoms with Gasteiger partial charge in [-0.1, -0.05) is 0 Å². The average molecular weight is 108 g/mol. The van der Waals surface area contributed by atoms with Gasteiger partial charge < -0.3 is 9.84 Å². The smallest absolute Gasteiger partial charge is 0.143 e. The number of rotatable bonds is 4. The first-order chi connectivity index (χ1) is 3.41. The first-order valence-electron chi connectivity index (χ1n) is 1.86. The minimum Gasteiger partial charge on any atom is -0.371 e. The molecular formula is C3H8O4. The highest BCUT2D eigenvalue weighted by molar-refractivity contribution is 4.17. The van der Waals surface area contributed by atoms with Gasteiger partial charge in [-0.25, -0.2) is 4.89 Å². The second-order valence-electron chi connectivity index (χ2n) is 0.871. The van der Waals surface area contributed by atoms with Crippen molar-refractivity contribution in [1.29, 1.82) is 0 Å². The Labute approximate surface area is 41.2 Å². The Morgan fingerprint density at radius 2 is 2.00 bits per heavy atom. The van der Waals surface area contributed by atoms with Gasteiger partial charge in [-0.3, -0.25) is 5.26 Å². The van der Waals surface area contributed by atoms with E-state index in [4.69, 9.17) is 10.4 Å². The fourth-order valence-electron chi connectivity index (χ4n) is 0.161. The standard InChI is InChI=1S/C3H8O4/c4-3-6-1-2-7-5/h4-5H,1-3H2. The zero-order valence-electron chi connectivity index (χ0n) is 3.83. The highest BCUT2D eigenvalue weighted by Gasteiger charge is 1.80. The van der Waals surface area contributed by atoms with Crippen molar-refractivity contribution < 1.29 is 20.0 Å². The molecule has 0 amide bonds. The Balaban J connectivity index is 2.45. The van der Waals surface area contributed by atoms with Crippen molar-refractivity contribution in [2.75, 3.05) is 20.0 Å². The third-order valence-electron chi connectivity index (χ3n) is 0.410. The van der Waals surface area contributed by atoms with E-state index in [0.717, 1.165) is 0 Å². The molecule has 0 aliphatic rings. The van der Waals surface area contributed by atoms with Crippen LogP contribution in [0, 0.1) is 0 Å². The van der Waals surface area contributed by atoms with Crippen LogP contribution in [0.15, 0.2) is 0 Å². The van der Waals surface area contributed by atoms with E-state index in [1.54, 1.807) is 0 Å². The van der Waals surface area contributed by atoms with E-state index in [1.807, 2.05) is 0 Å². The lowest BCUT2D eigenvalue weighted by Crippen LogP contribution is -2.01. The quantitative estimate of drug-likeness (QED) is 0.219. The summed E-state index contributed by atoms with van der Waals surface area (Å²) in [6, 6.07) is 0. The van der Waals surface area contributed by atoms with Gasteiger partial charge in [0.1, 0.15) is 13.4 Å². The molecule has 0 aromatic heterocycles. The van der Waals surface area contributed by atoms with Gasteiger partial charge in [0.15, 0.2) is 0 Å². The predicted molar refractivity (Wildman–Crippen MR) is 21.6 cm³/mol. The average Bonchev–Trinajstić information content (AvgIpc) is 1.69. The van der Waals surface area contributed by atoms with Crippen molar-refractivity contribution in [3.05, 3.63) is 0 Å². The molecule has 0 radical (unpaired) electrons. The Morgan fingerprint density at radius 1 is 1.29 bits per heavy atom. The van der Waals surface area contributed by atoms with Crippen LogP contribution in [0.1, 0.15) is 0 Å². The molecule has 7 heavy (non-hydrogen) atoms. The molecule has 44 valence electrons. The molecule has 0 saturated carbocycles.